The highest BCUT2D eigenvalue weighted by atomic mass is 32.2. The zero-order valence-corrected chi connectivity index (χ0v) is 12.0. The summed E-state index contributed by atoms with van der Waals surface area (Å²) >= 11 is 1.23. The number of anilines is 2. The Morgan fingerprint density at radius 3 is 2.55 bits per heavy atom. The van der Waals surface area contributed by atoms with Gasteiger partial charge in [-0.3, -0.25) is 0 Å². The summed E-state index contributed by atoms with van der Waals surface area (Å²) in [6.45, 7) is 0. The molecule has 0 bridgehead atoms. The van der Waals surface area contributed by atoms with Crippen molar-refractivity contribution in [2.75, 3.05) is 12.4 Å². The van der Waals surface area contributed by atoms with Crippen molar-refractivity contribution in [3.8, 4) is 0 Å². The minimum Gasteiger partial charge on any atom is -0.464 e. The molecule has 106 valence electrons. The number of primary sulfonamides is 1. The van der Waals surface area contributed by atoms with Crippen molar-refractivity contribution >= 4 is 38.1 Å². The van der Waals surface area contributed by atoms with Gasteiger partial charge in [0.25, 0.3) is 0 Å². The standard InChI is InChI=1S/C11H11N3O4S2/c1-18-10(15)9-6-19-11(14-9)13-7-2-4-8(5-3-7)20(12,16)17/h2-6H,1H3,(H,13,14)(H2,12,16,17). The fourth-order valence-electron chi connectivity index (χ4n) is 1.38. The highest BCUT2D eigenvalue weighted by Gasteiger charge is 2.11. The molecule has 0 aliphatic rings. The van der Waals surface area contributed by atoms with Crippen molar-refractivity contribution in [3.63, 3.8) is 0 Å². The highest BCUT2D eigenvalue weighted by Crippen LogP contribution is 2.22. The molecule has 0 amide bonds. The maximum atomic E-state index is 11.2. The zero-order valence-electron chi connectivity index (χ0n) is 10.4. The average Bonchev–Trinajstić information content (AvgIpc) is 2.86. The van der Waals surface area contributed by atoms with E-state index in [-0.39, 0.29) is 10.6 Å². The van der Waals surface area contributed by atoms with E-state index < -0.39 is 16.0 Å². The molecule has 0 spiro atoms. The fourth-order valence-corrected chi connectivity index (χ4v) is 2.60. The molecule has 2 aromatic rings. The lowest BCUT2D eigenvalue weighted by atomic mass is 10.3. The first kappa shape index (κ1) is 14.4. The van der Waals surface area contributed by atoms with E-state index in [0.717, 1.165) is 0 Å². The summed E-state index contributed by atoms with van der Waals surface area (Å²) < 4.78 is 26.8. The summed E-state index contributed by atoms with van der Waals surface area (Å²) in [5, 5.41) is 10.0. The molecule has 0 radical (unpaired) electrons. The Morgan fingerprint density at radius 1 is 1.35 bits per heavy atom. The summed E-state index contributed by atoms with van der Waals surface area (Å²) in [6.07, 6.45) is 0. The van der Waals surface area contributed by atoms with Crippen molar-refractivity contribution in [2.45, 2.75) is 4.90 Å². The molecule has 7 nitrogen and oxygen atoms in total. The number of hydrogen-bond donors (Lipinski definition) is 2. The van der Waals surface area contributed by atoms with E-state index in [2.05, 4.69) is 15.0 Å². The van der Waals surface area contributed by atoms with Gasteiger partial charge < -0.3 is 10.1 Å². The van der Waals surface area contributed by atoms with Crippen molar-refractivity contribution in [3.05, 3.63) is 35.3 Å². The van der Waals surface area contributed by atoms with E-state index in [9.17, 15) is 13.2 Å². The zero-order chi connectivity index (χ0) is 14.8. The highest BCUT2D eigenvalue weighted by molar-refractivity contribution is 7.89. The number of esters is 1. The van der Waals surface area contributed by atoms with Gasteiger partial charge in [-0.15, -0.1) is 11.3 Å². The molecule has 0 aliphatic heterocycles. The van der Waals surface area contributed by atoms with Crippen LogP contribution in [0.5, 0.6) is 0 Å². The fraction of sp³-hybridized carbons (Fsp3) is 0.0909. The van der Waals surface area contributed by atoms with Gasteiger partial charge in [0.15, 0.2) is 10.8 Å². The summed E-state index contributed by atoms with van der Waals surface area (Å²) in [5.41, 5.74) is 0.837. The number of thiazole rings is 1. The number of benzene rings is 1. The Morgan fingerprint density at radius 2 is 2.00 bits per heavy atom. The van der Waals surface area contributed by atoms with Crippen LogP contribution in [-0.2, 0) is 14.8 Å². The van der Waals surface area contributed by atoms with E-state index >= 15 is 0 Å². The smallest absolute Gasteiger partial charge is 0.357 e. The van der Waals surface area contributed by atoms with Crippen molar-refractivity contribution in [1.29, 1.82) is 0 Å². The molecule has 2 rings (SSSR count). The number of nitrogens with two attached hydrogens (primary N) is 1. The number of rotatable bonds is 4. The number of carbonyl (C=O) groups is 1. The molecule has 0 fully saturated rings. The third-order valence-corrected chi connectivity index (χ3v) is 4.02. The van der Waals surface area contributed by atoms with Crippen LogP contribution in [0.4, 0.5) is 10.8 Å². The lowest BCUT2D eigenvalue weighted by Crippen LogP contribution is -2.11. The Labute approximate surface area is 119 Å². The van der Waals surface area contributed by atoms with Gasteiger partial charge in [-0.05, 0) is 24.3 Å². The average molecular weight is 313 g/mol. The number of carbonyl (C=O) groups excluding carboxylic acids is 1. The molecule has 0 saturated heterocycles. The molecule has 1 aromatic heterocycles. The normalized spacial score (nSPS) is 11.1. The van der Waals surface area contributed by atoms with E-state index in [1.165, 1.54) is 30.6 Å². The van der Waals surface area contributed by atoms with Crippen LogP contribution in [-0.4, -0.2) is 26.5 Å². The lowest BCUT2D eigenvalue weighted by molar-refractivity contribution is 0.0595. The number of nitrogens with one attached hydrogen (secondary N) is 1. The van der Waals surface area contributed by atoms with E-state index in [1.807, 2.05) is 0 Å². The van der Waals surface area contributed by atoms with Crippen LogP contribution in [0.15, 0.2) is 34.5 Å². The van der Waals surface area contributed by atoms with Crippen LogP contribution in [0.1, 0.15) is 10.5 Å². The first-order valence-corrected chi connectivity index (χ1v) is 7.76. The first-order chi connectivity index (χ1) is 9.40. The lowest BCUT2D eigenvalue weighted by Gasteiger charge is -2.03. The van der Waals surface area contributed by atoms with Gasteiger partial charge in [-0.25, -0.2) is 23.3 Å². The summed E-state index contributed by atoms with van der Waals surface area (Å²) in [6, 6.07) is 5.87. The first-order valence-electron chi connectivity index (χ1n) is 5.34. The molecule has 0 aliphatic carbocycles. The topological polar surface area (TPSA) is 111 Å². The predicted octanol–water partition coefficient (Wildman–Crippen LogP) is 1.32. The Kier molecular flexibility index (Phi) is 4.02. The predicted molar refractivity (Wildman–Crippen MR) is 74.6 cm³/mol. The number of hydrogen-bond acceptors (Lipinski definition) is 7. The molecule has 20 heavy (non-hydrogen) atoms. The monoisotopic (exact) mass is 313 g/mol. The van der Waals surface area contributed by atoms with Gasteiger partial charge in [0.05, 0.1) is 12.0 Å². The molecule has 9 heteroatoms. The summed E-state index contributed by atoms with van der Waals surface area (Å²) in [5.74, 6) is -0.515. The second-order valence-corrected chi connectivity index (χ2v) is 6.14. The minimum absolute atomic E-state index is 0.0254. The number of sulfonamides is 1. The Hall–Kier alpha value is -1.97. The quantitative estimate of drug-likeness (QED) is 0.823. The number of aromatic nitrogens is 1. The van der Waals surface area contributed by atoms with Crippen LogP contribution in [0, 0.1) is 0 Å². The second-order valence-electron chi connectivity index (χ2n) is 3.72. The Balaban J connectivity index is 2.14. The molecular weight excluding hydrogens is 302 g/mol. The summed E-state index contributed by atoms with van der Waals surface area (Å²) in [4.78, 5) is 15.3. The molecule has 3 N–H and O–H groups in total. The van der Waals surface area contributed by atoms with Crippen LogP contribution < -0.4 is 10.5 Å². The molecule has 1 heterocycles. The third kappa shape index (κ3) is 3.32. The Bertz CT molecular complexity index is 722. The molecule has 0 unspecified atom stereocenters. The van der Waals surface area contributed by atoms with Gasteiger partial charge in [0.2, 0.25) is 10.0 Å². The van der Waals surface area contributed by atoms with Gasteiger partial charge in [0.1, 0.15) is 0 Å². The minimum atomic E-state index is -3.70. The second kappa shape index (κ2) is 5.57. The van der Waals surface area contributed by atoms with Gasteiger partial charge in [-0.1, -0.05) is 0 Å². The number of methoxy groups -OCH3 is 1. The van der Waals surface area contributed by atoms with Crippen molar-refractivity contribution in [1.82, 2.24) is 4.98 Å². The van der Waals surface area contributed by atoms with Gasteiger partial charge in [0, 0.05) is 11.1 Å². The van der Waals surface area contributed by atoms with Crippen LogP contribution in [0.3, 0.4) is 0 Å². The number of nitrogens with zero attached hydrogens (tertiary/aromatic N) is 1. The number of ether oxygens (including phenoxy) is 1. The van der Waals surface area contributed by atoms with Crippen LogP contribution in [0.25, 0.3) is 0 Å². The van der Waals surface area contributed by atoms with Crippen LogP contribution in [0.2, 0.25) is 0 Å². The summed E-state index contributed by atoms with van der Waals surface area (Å²) in [7, 11) is -2.43. The molecule has 1 aromatic carbocycles. The maximum Gasteiger partial charge on any atom is 0.357 e. The van der Waals surface area contributed by atoms with E-state index in [4.69, 9.17) is 5.14 Å². The molecular formula is C11H11N3O4S2. The largest absolute Gasteiger partial charge is 0.464 e. The maximum absolute atomic E-state index is 11.2. The van der Waals surface area contributed by atoms with Crippen molar-refractivity contribution < 1.29 is 17.9 Å². The van der Waals surface area contributed by atoms with E-state index in [0.29, 0.717) is 10.8 Å². The molecule has 0 saturated carbocycles. The van der Waals surface area contributed by atoms with E-state index in [1.54, 1.807) is 17.5 Å². The van der Waals surface area contributed by atoms with Gasteiger partial charge in [-0.2, -0.15) is 0 Å². The van der Waals surface area contributed by atoms with Crippen LogP contribution >= 0.6 is 11.3 Å². The van der Waals surface area contributed by atoms with Crippen molar-refractivity contribution in [2.24, 2.45) is 5.14 Å². The molecule has 0 atom stereocenters. The third-order valence-electron chi connectivity index (χ3n) is 2.33. The SMILES string of the molecule is COC(=O)c1csc(Nc2ccc(S(N)(=O)=O)cc2)n1. The van der Waals surface area contributed by atoms with Gasteiger partial charge >= 0.3 is 5.97 Å².